The zero-order chi connectivity index (χ0) is 27.0. The molecule has 0 saturated carbocycles. The monoisotopic (exact) mass is 523 g/mol. The van der Waals surface area contributed by atoms with Crippen LogP contribution in [0.4, 0.5) is 22.0 Å². The quantitative estimate of drug-likeness (QED) is 0.316. The molecule has 0 spiro atoms. The molecule has 4 rings (SSSR count). The molecule has 1 unspecified atom stereocenters. The number of carbonyl (C=O) groups excluding carboxylic acids is 1. The summed E-state index contributed by atoms with van der Waals surface area (Å²) in [6.07, 6.45) is -5.65. The number of amides is 1. The van der Waals surface area contributed by atoms with E-state index in [4.69, 9.17) is 34.6 Å². The Balaban J connectivity index is 1.50. The van der Waals surface area contributed by atoms with Crippen molar-refractivity contribution in [1.29, 1.82) is 0 Å². The molecule has 2 aromatic rings. The summed E-state index contributed by atoms with van der Waals surface area (Å²) in [5.41, 5.74) is -3.12. The Bertz CT molecular complexity index is 1150. The van der Waals surface area contributed by atoms with Gasteiger partial charge >= 0.3 is 6.36 Å². The van der Waals surface area contributed by atoms with Gasteiger partial charge < -0.3 is 23.8 Å². The van der Waals surface area contributed by atoms with Gasteiger partial charge in [0, 0.05) is 24.6 Å². The Morgan fingerprint density at radius 2 is 1.81 bits per heavy atom. The third kappa shape index (κ3) is 6.02. The largest absolute Gasteiger partial charge is 0.522 e. The minimum atomic E-state index is -4.78. The maximum atomic E-state index is 14.0. The minimum absolute atomic E-state index is 0.0670. The molecular weight excluding hydrogens is 503 g/mol. The predicted molar refractivity (Wildman–Crippen MR) is 119 cm³/mol. The van der Waals surface area contributed by atoms with E-state index in [9.17, 15) is 26.7 Å². The van der Waals surface area contributed by atoms with Gasteiger partial charge in [-0.2, -0.15) is 0 Å². The summed E-state index contributed by atoms with van der Waals surface area (Å²) in [4.78, 5) is 14.7. The molecule has 2 atom stereocenters. The SMILES string of the molecule is [B]C1([B])OC2CN(C(=O)c3ccc(OCCOC(F)(F)F)c(OC)c3)CC[C@]2(c2cc(F)cc(F)c2)O1. The molecule has 2 aliphatic rings. The van der Waals surface area contributed by atoms with Gasteiger partial charge in [-0.3, -0.25) is 9.53 Å². The Labute approximate surface area is 211 Å². The average Bonchev–Trinajstić information content (AvgIpc) is 3.10. The van der Waals surface area contributed by atoms with Crippen molar-refractivity contribution in [3.63, 3.8) is 0 Å². The number of halogens is 5. The standard InChI is InChI=1S/C23H20B2F5NO6/c1-33-18-8-13(2-3-17(18)34-6-7-35-23(28,29)30)20(32)31-5-4-21(14-9-15(26)11-16(27)10-14)19(12-31)36-22(24,25)37-21/h2-3,8-11,19H,4-7,12H2,1H3/t19?,21-/m1/s1. The van der Waals surface area contributed by atoms with Crippen LogP contribution >= 0.6 is 0 Å². The van der Waals surface area contributed by atoms with E-state index < -0.39 is 54.4 Å². The van der Waals surface area contributed by atoms with Gasteiger partial charge in [0.1, 0.15) is 45.6 Å². The molecule has 14 heteroatoms. The summed E-state index contributed by atoms with van der Waals surface area (Å²) in [6.45, 7) is -1.10. The van der Waals surface area contributed by atoms with Crippen molar-refractivity contribution in [2.75, 3.05) is 33.4 Å². The maximum Gasteiger partial charge on any atom is 0.522 e. The lowest BCUT2D eigenvalue weighted by atomic mass is 9.76. The number of rotatable bonds is 7. The van der Waals surface area contributed by atoms with E-state index in [1.807, 2.05) is 0 Å². The first-order chi connectivity index (χ1) is 17.3. The molecule has 2 fully saturated rings. The number of methoxy groups -OCH3 is 1. The van der Waals surface area contributed by atoms with Crippen molar-refractivity contribution in [3.05, 3.63) is 59.2 Å². The molecule has 0 bridgehead atoms. The molecular formula is C23H20B2F5NO6. The van der Waals surface area contributed by atoms with E-state index >= 15 is 0 Å². The fourth-order valence-electron chi connectivity index (χ4n) is 4.46. The molecule has 2 aliphatic heterocycles. The maximum absolute atomic E-state index is 14.0. The number of hydrogen-bond acceptors (Lipinski definition) is 6. The van der Waals surface area contributed by atoms with Crippen LogP contribution in [0, 0.1) is 11.6 Å². The lowest BCUT2D eigenvalue weighted by molar-refractivity contribution is -0.325. The van der Waals surface area contributed by atoms with E-state index in [0.29, 0.717) is 6.07 Å². The number of nitrogens with zero attached hydrogens (tertiary/aromatic N) is 1. The number of piperidine rings is 1. The highest BCUT2D eigenvalue weighted by Gasteiger charge is 2.56. The van der Waals surface area contributed by atoms with Crippen molar-refractivity contribution in [1.82, 2.24) is 4.90 Å². The number of carbonyl (C=O) groups is 1. The van der Waals surface area contributed by atoms with Crippen molar-refractivity contribution < 1.29 is 50.4 Å². The van der Waals surface area contributed by atoms with Crippen LogP contribution in [0.15, 0.2) is 36.4 Å². The van der Waals surface area contributed by atoms with Crippen LogP contribution in [0.25, 0.3) is 0 Å². The second-order valence-electron chi connectivity index (χ2n) is 8.49. The predicted octanol–water partition coefficient (Wildman–Crippen LogP) is 2.99. The Hall–Kier alpha value is -2.83. The fourth-order valence-corrected chi connectivity index (χ4v) is 4.46. The average molecular weight is 523 g/mol. The smallest absolute Gasteiger partial charge is 0.493 e. The van der Waals surface area contributed by atoms with Gasteiger partial charge in [0.25, 0.3) is 5.91 Å². The summed E-state index contributed by atoms with van der Waals surface area (Å²) in [6, 6.07) is 7.07. The summed E-state index contributed by atoms with van der Waals surface area (Å²) in [5.74, 6) is -1.87. The number of fused-ring (bicyclic) bond motifs is 1. The van der Waals surface area contributed by atoms with E-state index in [1.54, 1.807) is 0 Å². The van der Waals surface area contributed by atoms with Gasteiger partial charge in [0.2, 0.25) is 0 Å². The van der Waals surface area contributed by atoms with Crippen molar-refractivity contribution >= 4 is 21.6 Å². The number of alkyl halides is 3. The Morgan fingerprint density at radius 3 is 2.46 bits per heavy atom. The van der Waals surface area contributed by atoms with Gasteiger partial charge in [0.15, 0.2) is 11.5 Å². The molecule has 2 heterocycles. The molecule has 37 heavy (non-hydrogen) atoms. The van der Waals surface area contributed by atoms with Gasteiger partial charge in [-0.25, -0.2) is 8.78 Å². The van der Waals surface area contributed by atoms with Gasteiger partial charge in [0.05, 0.1) is 25.8 Å². The van der Waals surface area contributed by atoms with Crippen molar-refractivity contribution in [2.45, 2.75) is 30.1 Å². The molecule has 7 nitrogen and oxygen atoms in total. The van der Waals surface area contributed by atoms with Crippen LogP contribution in [0.3, 0.4) is 0 Å². The minimum Gasteiger partial charge on any atom is -0.493 e. The molecule has 0 aliphatic carbocycles. The number of ether oxygens (including phenoxy) is 5. The highest BCUT2D eigenvalue weighted by atomic mass is 19.4. The van der Waals surface area contributed by atoms with Crippen LogP contribution in [-0.4, -0.2) is 78.0 Å². The first kappa shape index (κ1) is 27.2. The molecule has 0 aromatic heterocycles. The van der Waals surface area contributed by atoms with E-state index in [1.165, 1.54) is 30.2 Å². The topological polar surface area (TPSA) is 66.5 Å². The molecule has 194 valence electrons. The van der Waals surface area contributed by atoms with Crippen LogP contribution in [-0.2, 0) is 19.8 Å². The van der Waals surface area contributed by atoms with Crippen LogP contribution in [0.1, 0.15) is 22.3 Å². The molecule has 2 saturated heterocycles. The van der Waals surface area contributed by atoms with E-state index in [2.05, 4.69) is 4.74 Å². The lowest BCUT2D eigenvalue weighted by Crippen LogP contribution is -2.53. The zero-order valence-electron chi connectivity index (χ0n) is 19.5. The van der Waals surface area contributed by atoms with Gasteiger partial charge in [-0.1, -0.05) is 0 Å². The first-order valence-corrected chi connectivity index (χ1v) is 11.0. The lowest BCUT2D eigenvalue weighted by Gasteiger charge is -2.42. The highest BCUT2D eigenvalue weighted by Crippen LogP contribution is 2.47. The molecule has 0 N–H and O–H groups in total. The summed E-state index contributed by atoms with van der Waals surface area (Å²) in [5, 5.41) is 0. The van der Waals surface area contributed by atoms with E-state index in [-0.39, 0.29) is 42.1 Å². The zero-order valence-corrected chi connectivity index (χ0v) is 19.5. The third-order valence-corrected chi connectivity index (χ3v) is 5.98. The van der Waals surface area contributed by atoms with Crippen molar-refractivity contribution in [3.8, 4) is 11.5 Å². The number of likely N-dealkylation sites (tertiary alicyclic amines) is 1. The first-order valence-electron chi connectivity index (χ1n) is 11.0. The summed E-state index contributed by atoms with van der Waals surface area (Å²) in [7, 11) is 13.0. The second kappa shape index (κ2) is 10.1. The Kier molecular flexibility index (Phi) is 7.46. The molecule has 4 radical (unpaired) electrons. The normalized spacial score (nSPS) is 23.0. The van der Waals surface area contributed by atoms with E-state index in [0.717, 1.165) is 12.1 Å². The summed E-state index contributed by atoms with van der Waals surface area (Å²) < 4.78 is 89.8. The van der Waals surface area contributed by atoms with Crippen molar-refractivity contribution in [2.24, 2.45) is 0 Å². The van der Waals surface area contributed by atoms with Crippen LogP contribution in [0.5, 0.6) is 11.5 Å². The second-order valence-corrected chi connectivity index (χ2v) is 8.49. The fraction of sp³-hybridized carbons (Fsp3) is 0.435. The third-order valence-electron chi connectivity index (χ3n) is 5.98. The van der Waals surface area contributed by atoms with Gasteiger partial charge in [-0.05, 0) is 35.9 Å². The van der Waals surface area contributed by atoms with Gasteiger partial charge in [-0.15, -0.1) is 13.2 Å². The highest BCUT2D eigenvalue weighted by molar-refractivity contribution is 6.38. The molecule has 2 aromatic carbocycles. The van der Waals surface area contributed by atoms with Crippen LogP contribution < -0.4 is 9.47 Å². The molecule has 1 amide bonds. The Morgan fingerprint density at radius 1 is 1.11 bits per heavy atom. The number of benzene rings is 2. The summed E-state index contributed by atoms with van der Waals surface area (Å²) >= 11 is 0. The van der Waals surface area contributed by atoms with Crippen LogP contribution in [0.2, 0.25) is 0 Å². The number of hydrogen-bond donors (Lipinski definition) is 0.